The summed E-state index contributed by atoms with van der Waals surface area (Å²) in [5.74, 6) is 0.674. The quantitative estimate of drug-likeness (QED) is 0.150. The lowest BCUT2D eigenvalue weighted by Crippen LogP contribution is -1.97. The number of benzene rings is 10. The standard InChI is InChI=1S/C65H40N4O/c1-3-15-43(16-4-1)55-40-56(44-35-37-48(38-36-44)69-57-24-12-8-19-49(57)50-20-9-13-25-58(50)69)68-65(67-55)47-33-29-42(30-34-47)41-27-31-46(32-28-41)64-53-39-60-63(52-22-10-14-26-59(52)70-60)61(45-17-5-2-6-18-45)62(53)51-21-7-11-23-54(51)66-64/h1-40H. The van der Waals surface area contributed by atoms with Crippen LogP contribution >= 0.6 is 0 Å². The van der Waals surface area contributed by atoms with Crippen molar-refractivity contribution in [3.63, 3.8) is 0 Å². The molecule has 0 aliphatic carbocycles. The number of pyridine rings is 1. The number of rotatable bonds is 7. The van der Waals surface area contributed by atoms with E-state index in [1.165, 1.54) is 27.2 Å². The molecule has 0 fully saturated rings. The summed E-state index contributed by atoms with van der Waals surface area (Å²) in [6.45, 7) is 0. The van der Waals surface area contributed by atoms with Gasteiger partial charge in [-0.15, -0.1) is 0 Å². The fraction of sp³-hybridized carbons (Fsp3) is 0. The van der Waals surface area contributed by atoms with E-state index in [0.717, 1.165) is 106 Å². The van der Waals surface area contributed by atoms with E-state index in [9.17, 15) is 0 Å². The van der Waals surface area contributed by atoms with Crippen LogP contribution in [0.3, 0.4) is 0 Å². The maximum Gasteiger partial charge on any atom is 0.160 e. The molecule has 10 aromatic carbocycles. The van der Waals surface area contributed by atoms with Crippen LogP contribution in [-0.4, -0.2) is 19.5 Å². The average Bonchev–Trinajstić information content (AvgIpc) is 3.98. The van der Waals surface area contributed by atoms with Gasteiger partial charge in [-0.05, 0) is 65.2 Å². The largest absolute Gasteiger partial charge is 0.456 e. The highest BCUT2D eigenvalue weighted by atomic mass is 16.3. The number of para-hydroxylation sites is 4. The lowest BCUT2D eigenvalue weighted by Gasteiger charge is -2.16. The Morgan fingerprint density at radius 3 is 1.47 bits per heavy atom. The third-order valence-electron chi connectivity index (χ3n) is 13.8. The van der Waals surface area contributed by atoms with E-state index in [1.54, 1.807) is 0 Å². The van der Waals surface area contributed by atoms with Gasteiger partial charge in [-0.3, -0.25) is 0 Å². The van der Waals surface area contributed by atoms with Crippen molar-refractivity contribution in [3.05, 3.63) is 243 Å². The molecule has 14 aromatic rings. The van der Waals surface area contributed by atoms with Crippen LogP contribution in [0.25, 0.3) is 139 Å². The summed E-state index contributed by atoms with van der Waals surface area (Å²) in [4.78, 5) is 15.7. The van der Waals surface area contributed by atoms with E-state index in [2.05, 4.69) is 235 Å². The van der Waals surface area contributed by atoms with Gasteiger partial charge in [-0.1, -0.05) is 194 Å². The molecule has 0 N–H and O–H groups in total. The second kappa shape index (κ2) is 16.1. The number of aromatic nitrogens is 4. The Morgan fingerprint density at radius 1 is 0.314 bits per heavy atom. The molecule has 5 nitrogen and oxygen atoms in total. The SMILES string of the molecule is c1ccc(-c2cc(-c3ccc(-n4c5ccccc5c5ccccc54)cc3)nc(-c3ccc(-c4ccc(-c5nc6ccccc6c6c(-c7ccccc7)c7c(cc56)oc5ccccc57)cc4)cc3)n2)cc1. The Morgan fingerprint density at radius 2 is 0.814 bits per heavy atom. The Hall–Kier alpha value is -9.45. The van der Waals surface area contributed by atoms with Gasteiger partial charge in [-0.25, -0.2) is 15.0 Å². The number of hydrogen-bond acceptors (Lipinski definition) is 4. The van der Waals surface area contributed by atoms with Crippen LogP contribution in [0.1, 0.15) is 0 Å². The first kappa shape index (κ1) is 39.7. The van der Waals surface area contributed by atoms with Crippen molar-refractivity contribution in [1.29, 1.82) is 0 Å². The van der Waals surface area contributed by atoms with E-state index in [-0.39, 0.29) is 0 Å². The Kier molecular flexibility index (Phi) is 9.14. The molecule has 0 saturated heterocycles. The molecule has 4 aromatic heterocycles. The Balaban J connectivity index is 0.831. The van der Waals surface area contributed by atoms with Crippen LogP contribution in [-0.2, 0) is 0 Å². The topological polar surface area (TPSA) is 56.7 Å². The lowest BCUT2D eigenvalue weighted by atomic mass is 9.89. The van der Waals surface area contributed by atoms with Crippen LogP contribution < -0.4 is 0 Å². The van der Waals surface area contributed by atoms with Crippen LogP contribution in [0, 0.1) is 0 Å². The van der Waals surface area contributed by atoms with Crippen molar-refractivity contribution < 1.29 is 4.42 Å². The number of nitrogens with zero attached hydrogens (tertiary/aromatic N) is 4. The molecule has 0 radical (unpaired) electrons. The number of fused-ring (bicyclic) bond motifs is 9. The molecule has 14 rings (SSSR count). The van der Waals surface area contributed by atoms with E-state index < -0.39 is 0 Å². The van der Waals surface area contributed by atoms with Gasteiger partial charge in [0.05, 0.1) is 33.6 Å². The highest BCUT2D eigenvalue weighted by Crippen LogP contribution is 2.46. The molecule has 0 saturated carbocycles. The predicted molar refractivity (Wildman–Crippen MR) is 289 cm³/mol. The molecule has 0 spiro atoms. The molecule has 5 heteroatoms. The lowest BCUT2D eigenvalue weighted by molar-refractivity contribution is 0.669. The summed E-state index contributed by atoms with van der Waals surface area (Å²) in [6, 6.07) is 85.4. The fourth-order valence-electron chi connectivity index (χ4n) is 10.5. The van der Waals surface area contributed by atoms with E-state index >= 15 is 0 Å². The number of hydrogen-bond donors (Lipinski definition) is 0. The summed E-state index contributed by atoms with van der Waals surface area (Å²) in [5, 5.41) is 8.05. The van der Waals surface area contributed by atoms with Crippen LogP contribution in [0.5, 0.6) is 0 Å². The van der Waals surface area contributed by atoms with Crippen molar-refractivity contribution in [2.24, 2.45) is 0 Å². The maximum absolute atomic E-state index is 6.61. The van der Waals surface area contributed by atoms with Gasteiger partial charge in [0.1, 0.15) is 11.2 Å². The van der Waals surface area contributed by atoms with Crippen LogP contribution in [0.2, 0.25) is 0 Å². The summed E-state index contributed by atoms with van der Waals surface area (Å²) in [5.41, 5.74) is 17.3. The smallest absolute Gasteiger partial charge is 0.160 e. The first-order valence-corrected chi connectivity index (χ1v) is 23.7. The van der Waals surface area contributed by atoms with Gasteiger partial charge in [0.2, 0.25) is 0 Å². The van der Waals surface area contributed by atoms with E-state index in [4.69, 9.17) is 19.4 Å². The molecule has 4 heterocycles. The molecular weight excluding hydrogens is 853 g/mol. The molecule has 70 heavy (non-hydrogen) atoms. The highest BCUT2D eigenvalue weighted by Gasteiger charge is 2.22. The van der Waals surface area contributed by atoms with Crippen molar-refractivity contribution in [1.82, 2.24) is 19.5 Å². The summed E-state index contributed by atoms with van der Waals surface area (Å²) >= 11 is 0. The molecule has 0 aliphatic rings. The second-order valence-corrected chi connectivity index (χ2v) is 17.9. The zero-order valence-electron chi connectivity index (χ0n) is 37.8. The normalized spacial score (nSPS) is 11.7. The molecular formula is C65H40N4O. The molecule has 0 aliphatic heterocycles. The van der Waals surface area contributed by atoms with Crippen molar-refractivity contribution in [3.8, 4) is 73.1 Å². The molecule has 0 unspecified atom stereocenters. The maximum atomic E-state index is 6.61. The van der Waals surface area contributed by atoms with E-state index in [1.807, 2.05) is 12.1 Å². The van der Waals surface area contributed by atoms with E-state index in [0.29, 0.717) is 5.82 Å². The zero-order valence-corrected chi connectivity index (χ0v) is 37.8. The molecule has 0 bridgehead atoms. The minimum Gasteiger partial charge on any atom is -0.456 e. The third kappa shape index (κ3) is 6.51. The van der Waals surface area contributed by atoms with Crippen LogP contribution in [0.4, 0.5) is 0 Å². The van der Waals surface area contributed by atoms with Gasteiger partial charge >= 0.3 is 0 Å². The Labute approximate surface area is 403 Å². The first-order valence-electron chi connectivity index (χ1n) is 23.7. The Bertz CT molecular complexity index is 4260. The van der Waals surface area contributed by atoms with Gasteiger partial charge < -0.3 is 8.98 Å². The zero-order chi connectivity index (χ0) is 46.1. The fourth-order valence-corrected chi connectivity index (χ4v) is 10.5. The minimum atomic E-state index is 0.674. The predicted octanol–water partition coefficient (Wildman–Crippen LogP) is 17.2. The number of furan rings is 1. The van der Waals surface area contributed by atoms with Gasteiger partial charge in [-0.2, -0.15) is 0 Å². The summed E-state index contributed by atoms with van der Waals surface area (Å²) < 4.78 is 8.95. The third-order valence-corrected chi connectivity index (χ3v) is 13.8. The highest BCUT2D eigenvalue weighted by molar-refractivity contribution is 6.27. The van der Waals surface area contributed by atoms with Crippen molar-refractivity contribution >= 4 is 65.4 Å². The van der Waals surface area contributed by atoms with Crippen molar-refractivity contribution in [2.45, 2.75) is 0 Å². The molecule has 0 atom stereocenters. The molecule has 326 valence electrons. The average molecular weight is 893 g/mol. The second-order valence-electron chi connectivity index (χ2n) is 17.9. The summed E-state index contributed by atoms with van der Waals surface area (Å²) in [7, 11) is 0. The monoisotopic (exact) mass is 892 g/mol. The van der Waals surface area contributed by atoms with Crippen molar-refractivity contribution in [2.75, 3.05) is 0 Å². The minimum absolute atomic E-state index is 0.674. The van der Waals surface area contributed by atoms with Gasteiger partial charge in [0, 0.05) is 71.2 Å². The first-order chi connectivity index (χ1) is 34.7. The van der Waals surface area contributed by atoms with Gasteiger partial charge in [0.25, 0.3) is 0 Å². The van der Waals surface area contributed by atoms with Gasteiger partial charge in [0.15, 0.2) is 5.82 Å². The molecule has 0 amide bonds. The summed E-state index contributed by atoms with van der Waals surface area (Å²) in [6.07, 6.45) is 0. The van der Waals surface area contributed by atoms with Crippen LogP contribution in [0.15, 0.2) is 247 Å².